The molecule has 1 amide bonds. The highest BCUT2D eigenvalue weighted by molar-refractivity contribution is 6.42. The first-order valence-corrected chi connectivity index (χ1v) is 7.44. The molecule has 2 rings (SSSR count). The van der Waals surface area contributed by atoms with E-state index in [9.17, 15) is 14.7 Å². The Labute approximate surface area is 145 Å². The van der Waals surface area contributed by atoms with Crippen LogP contribution in [0, 0.1) is 0 Å². The Balaban J connectivity index is 0.00000242. The third kappa shape index (κ3) is 5.02. The Hall–Kier alpha value is -1.01. The van der Waals surface area contributed by atoms with E-state index < -0.39 is 12.0 Å². The molecule has 0 spiro atoms. The summed E-state index contributed by atoms with van der Waals surface area (Å²) in [6, 6.07) is 4.22. The number of carbonyl (C=O) groups excluding carboxylic acids is 1. The Morgan fingerprint density at radius 1 is 1.27 bits per heavy atom. The van der Waals surface area contributed by atoms with Gasteiger partial charge in [-0.05, 0) is 37.6 Å². The van der Waals surface area contributed by atoms with Gasteiger partial charge in [0, 0.05) is 5.69 Å². The van der Waals surface area contributed by atoms with Gasteiger partial charge in [-0.15, -0.1) is 12.4 Å². The summed E-state index contributed by atoms with van der Waals surface area (Å²) in [7, 11) is 0. The van der Waals surface area contributed by atoms with Crippen LogP contribution in [0.1, 0.15) is 19.3 Å². The highest BCUT2D eigenvalue weighted by Gasteiger charge is 2.29. The van der Waals surface area contributed by atoms with E-state index in [1.165, 1.54) is 0 Å². The lowest BCUT2D eigenvalue weighted by atomic mass is 10.0. The lowest BCUT2D eigenvalue weighted by molar-refractivity contribution is -0.145. The maximum Gasteiger partial charge on any atom is 0.320 e. The van der Waals surface area contributed by atoms with E-state index in [4.69, 9.17) is 23.2 Å². The van der Waals surface area contributed by atoms with E-state index in [0.717, 1.165) is 12.8 Å². The van der Waals surface area contributed by atoms with Crippen molar-refractivity contribution in [3.05, 3.63) is 28.2 Å². The molecular weight excluding hydrogens is 351 g/mol. The zero-order valence-corrected chi connectivity index (χ0v) is 14.0. The molecule has 122 valence electrons. The van der Waals surface area contributed by atoms with Crippen molar-refractivity contribution < 1.29 is 14.7 Å². The van der Waals surface area contributed by atoms with E-state index in [1.54, 1.807) is 23.1 Å². The van der Waals surface area contributed by atoms with E-state index in [2.05, 4.69) is 5.32 Å². The van der Waals surface area contributed by atoms with Crippen molar-refractivity contribution in [3.63, 3.8) is 0 Å². The fourth-order valence-electron chi connectivity index (χ4n) is 2.42. The summed E-state index contributed by atoms with van der Waals surface area (Å²) < 4.78 is 0. The maximum absolute atomic E-state index is 12.0. The molecule has 1 aliphatic heterocycles. The second kappa shape index (κ2) is 8.58. The first-order chi connectivity index (χ1) is 9.97. The van der Waals surface area contributed by atoms with Crippen LogP contribution >= 0.6 is 35.6 Å². The average molecular weight is 368 g/mol. The van der Waals surface area contributed by atoms with Crippen molar-refractivity contribution in [2.24, 2.45) is 0 Å². The number of hydrogen-bond donors (Lipinski definition) is 2. The van der Waals surface area contributed by atoms with Crippen LogP contribution in [0.2, 0.25) is 10.0 Å². The third-order valence-electron chi connectivity index (χ3n) is 3.45. The van der Waals surface area contributed by atoms with Crippen molar-refractivity contribution in [1.29, 1.82) is 0 Å². The van der Waals surface area contributed by atoms with Crippen molar-refractivity contribution in [3.8, 4) is 0 Å². The minimum absolute atomic E-state index is 0. The van der Waals surface area contributed by atoms with E-state index >= 15 is 0 Å². The Morgan fingerprint density at radius 3 is 2.64 bits per heavy atom. The van der Waals surface area contributed by atoms with Gasteiger partial charge in [-0.25, -0.2) is 0 Å². The number of amides is 1. The van der Waals surface area contributed by atoms with Gasteiger partial charge in [0.1, 0.15) is 6.04 Å². The first kappa shape index (κ1) is 19.0. The number of nitrogens with one attached hydrogen (secondary N) is 1. The van der Waals surface area contributed by atoms with Gasteiger partial charge in [0.05, 0.1) is 16.6 Å². The summed E-state index contributed by atoms with van der Waals surface area (Å²) in [5.74, 6) is -1.14. The summed E-state index contributed by atoms with van der Waals surface area (Å²) in [6.07, 6.45) is 2.36. The molecule has 1 aromatic carbocycles. The number of anilines is 1. The number of carboxylic acids is 1. The smallest absolute Gasteiger partial charge is 0.320 e. The normalized spacial score (nSPS) is 18.4. The molecule has 0 aromatic heterocycles. The summed E-state index contributed by atoms with van der Waals surface area (Å²) in [5.41, 5.74) is 0.540. The summed E-state index contributed by atoms with van der Waals surface area (Å²) in [6.45, 7) is 0.670. The van der Waals surface area contributed by atoms with E-state index in [1.807, 2.05) is 0 Å². The number of hydrogen-bond acceptors (Lipinski definition) is 3. The van der Waals surface area contributed by atoms with Gasteiger partial charge in [-0.3, -0.25) is 14.5 Å². The molecule has 1 fully saturated rings. The quantitative estimate of drug-likeness (QED) is 0.857. The van der Waals surface area contributed by atoms with Gasteiger partial charge >= 0.3 is 5.97 Å². The van der Waals surface area contributed by atoms with Gasteiger partial charge in [0.25, 0.3) is 0 Å². The van der Waals surface area contributed by atoms with Crippen molar-refractivity contribution in [2.45, 2.75) is 25.3 Å². The summed E-state index contributed by atoms with van der Waals surface area (Å²) in [4.78, 5) is 24.9. The summed E-state index contributed by atoms with van der Waals surface area (Å²) in [5, 5.41) is 12.6. The van der Waals surface area contributed by atoms with Crippen LogP contribution < -0.4 is 5.32 Å². The average Bonchev–Trinajstić information content (AvgIpc) is 2.43. The second-order valence-corrected chi connectivity index (χ2v) is 5.81. The number of piperidine rings is 1. The van der Waals surface area contributed by atoms with Crippen LogP contribution in [0.3, 0.4) is 0 Å². The molecule has 1 aliphatic rings. The van der Waals surface area contributed by atoms with Gasteiger partial charge in [-0.1, -0.05) is 29.6 Å². The number of rotatable bonds is 4. The molecule has 1 aromatic rings. The number of halogens is 3. The molecule has 0 radical (unpaired) electrons. The van der Waals surface area contributed by atoms with Gasteiger partial charge in [0.2, 0.25) is 5.91 Å². The fraction of sp³-hybridized carbons (Fsp3) is 0.429. The van der Waals surface area contributed by atoms with Gasteiger partial charge in [-0.2, -0.15) is 0 Å². The Kier molecular flexibility index (Phi) is 7.42. The van der Waals surface area contributed by atoms with Crippen LogP contribution in [0.5, 0.6) is 0 Å². The molecule has 2 N–H and O–H groups in total. The number of nitrogens with zero attached hydrogens (tertiary/aromatic N) is 1. The molecule has 22 heavy (non-hydrogen) atoms. The predicted octanol–water partition coefficient (Wildman–Crippen LogP) is 3.29. The van der Waals surface area contributed by atoms with E-state index in [-0.39, 0.29) is 24.9 Å². The molecule has 0 saturated carbocycles. The molecule has 1 atom stereocenters. The maximum atomic E-state index is 12.0. The Morgan fingerprint density at radius 2 is 2.00 bits per heavy atom. The number of aliphatic carboxylic acids is 1. The standard InChI is InChI=1S/C14H16Cl2N2O3.ClH/c15-10-5-4-9(7-11(10)16)17-13(19)8-18-6-2-1-3-12(18)14(20)21;/h4-5,7,12H,1-3,6,8H2,(H,17,19)(H,20,21);1H. The zero-order valence-electron chi connectivity index (χ0n) is 11.7. The zero-order chi connectivity index (χ0) is 15.4. The molecular formula is C14H17Cl3N2O3. The number of benzene rings is 1. The van der Waals surface area contributed by atoms with Crippen LogP contribution in [-0.2, 0) is 9.59 Å². The monoisotopic (exact) mass is 366 g/mol. The van der Waals surface area contributed by atoms with Gasteiger partial charge < -0.3 is 10.4 Å². The number of carbonyl (C=O) groups is 2. The minimum Gasteiger partial charge on any atom is -0.480 e. The lowest BCUT2D eigenvalue weighted by Gasteiger charge is -2.32. The topological polar surface area (TPSA) is 69.6 Å². The highest BCUT2D eigenvalue weighted by Crippen LogP contribution is 2.25. The number of likely N-dealkylation sites (tertiary alicyclic amines) is 1. The van der Waals surface area contributed by atoms with E-state index in [0.29, 0.717) is 28.7 Å². The largest absolute Gasteiger partial charge is 0.480 e. The second-order valence-electron chi connectivity index (χ2n) is 5.00. The molecule has 1 heterocycles. The lowest BCUT2D eigenvalue weighted by Crippen LogP contribution is -2.47. The molecule has 0 aliphatic carbocycles. The van der Waals surface area contributed by atoms with Crippen molar-refractivity contribution in [2.75, 3.05) is 18.4 Å². The van der Waals surface area contributed by atoms with Crippen LogP contribution in [0.15, 0.2) is 18.2 Å². The highest BCUT2D eigenvalue weighted by atomic mass is 35.5. The molecule has 8 heteroatoms. The Bertz CT molecular complexity index is 554. The number of carboxylic acid groups (broad SMARTS) is 1. The minimum atomic E-state index is -0.878. The predicted molar refractivity (Wildman–Crippen MR) is 89.2 cm³/mol. The van der Waals surface area contributed by atoms with Crippen LogP contribution in [-0.4, -0.2) is 41.0 Å². The molecule has 0 bridgehead atoms. The molecule has 1 unspecified atom stereocenters. The van der Waals surface area contributed by atoms with Crippen molar-refractivity contribution >= 4 is 53.2 Å². The molecule has 5 nitrogen and oxygen atoms in total. The van der Waals surface area contributed by atoms with Gasteiger partial charge in [0.15, 0.2) is 0 Å². The first-order valence-electron chi connectivity index (χ1n) is 6.69. The third-order valence-corrected chi connectivity index (χ3v) is 4.19. The summed E-state index contributed by atoms with van der Waals surface area (Å²) >= 11 is 11.7. The van der Waals surface area contributed by atoms with Crippen LogP contribution in [0.4, 0.5) is 5.69 Å². The van der Waals surface area contributed by atoms with Crippen LogP contribution in [0.25, 0.3) is 0 Å². The molecule has 1 saturated heterocycles. The SMILES string of the molecule is Cl.O=C(CN1CCCCC1C(=O)O)Nc1ccc(Cl)c(Cl)c1. The fourth-order valence-corrected chi connectivity index (χ4v) is 2.72. The van der Waals surface area contributed by atoms with Crippen molar-refractivity contribution in [1.82, 2.24) is 4.90 Å².